The molecule has 1 aromatic heterocycles. The quantitative estimate of drug-likeness (QED) is 0.621. The second kappa shape index (κ2) is 6.14. The Labute approximate surface area is 107 Å². The zero-order chi connectivity index (χ0) is 12.8. The molecular weight excluding hydrogens is 226 g/mol. The van der Waals surface area contributed by atoms with Crippen LogP contribution in [0.25, 0.3) is 0 Å². The maximum absolute atomic E-state index is 5.63. The fourth-order valence-corrected chi connectivity index (χ4v) is 1.95. The lowest BCUT2D eigenvalue weighted by atomic mass is 10.00. The molecule has 18 heavy (non-hydrogen) atoms. The number of methoxy groups -OCH3 is 1. The molecule has 2 rings (SSSR count). The lowest BCUT2D eigenvalue weighted by molar-refractivity contribution is 0.405. The van der Waals surface area contributed by atoms with E-state index < -0.39 is 0 Å². The van der Waals surface area contributed by atoms with Crippen molar-refractivity contribution >= 4 is 0 Å². The molecule has 0 aliphatic heterocycles. The van der Waals surface area contributed by atoms with Crippen LogP contribution in [0, 0.1) is 0 Å². The van der Waals surface area contributed by atoms with Gasteiger partial charge in [0.1, 0.15) is 5.75 Å². The summed E-state index contributed by atoms with van der Waals surface area (Å²) in [7, 11) is 1.67. The molecule has 2 aromatic rings. The Hall–Kier alpha value is -1.91. The van der Waals surface area contributed by atoms with Gasteiger partial charge in [-0.05, 0) is 29.7 Å². The van der Waals surface area contributed by atoms with Crippen LogP contribution in [-0.4, -0.2) is 12.1 Å². The number of para-hydroxylation sites is 1. The minimum atomic E-state index is 0.0231. The lowest BCUT2D eigenvalue weighted by Crippen LogP contribution is -2.29. The molecule has 0 aliphatic rings. The predicted octanol–water partition coefficient (Wildman–Crippen LogP) is 1.84. The van der Waals surface area contributed by atoms with Gasteiger partial charge in [-0.3, -0.25) is 16.3 Å². The zero-order valence-electron chi connectivity index (χ0n) is 10.3. The Bertz CT molecular complexity index is 487. The smallest absolute Gasteiger partial charge is 0.122 e. The van der Waals surface area contributed by atoms with Crippen molar-refractivity contribution in [2.24, 2.45) is 5.84 Å². The van der Waals surface area contributed by atoms with Crippen LogP contribution in [0.1, 0.15) is 17.2 Å². The number of nitrogens with one attached hydrogen (secondary N) is 1. The highest BCUT2D eigenvalue weighted by molar-refractivity contribution is 5.34. The van der Waals surface area contributed by atoms with Crippen LogP contribution >= 0.6 is 0 Å². The molecule has 1 atom stereocenters. The van der Waals surface area contributed by atoms with Gasteiger partial charge in [-0.15, -0.1) is 0 Å². The zero-order valence-corrected chi connectivity index (χ0v) is 10.3. The van der Waals surface area contributed by atoms with E-state index in [9.17, 15) is 0 Å². The molecule has 0 radical (unpaired) electrons. The molecule has 0 fully saturated rings. The molecular formula is C14H17N3O. The summed E-state index contributed by atoms with van der Waals surface area (Å²) in [5, 5.41) is 0. The molecule has 1 heterocycles. The monoisotopic (exact) mass is 243 g/mol. The Kier molecular flexibility index (Phi) is 4.28. The number of aromatic nitrogens is 1. The topological polar surface area (TPSA) is 60.2 Å². The van der Waals surface area contributed by atoms with E-state index in [0.717, 1.165) is 23.3 Å². The molecule has 0 saturated carbocycles. The van der Waals surface area contributed by atoms with Crippen molar-refractivity contribution in [1.82, 2.24) is 10.4 Å². The summed E-state index contributed by atoms with van der Waals surface area (Å²) in [6, 6.07) is 11.9. The van der Waals surface area contributed by atoms with Crippen molar-refractivity contribution in [2.75, 3.05) is 7.11 Å². The molecule has 94 valence electrons. The fraction of sp³-hybridized carbons (Fsp3) is 0.214. The van der Waals surface area contributed by atoms with Crippen molar-refractivity contribution in [2.45, 2.75) is 12.5 Å². The van der Waals surface area contributed by atoms with E-state index in [2.05, 4.69) is 10.4 Å². The maximum atomic E-state index is 5.63. The number of benzene rings is 1. The van der Waals surface area contributed by atoms with E-state index in [-0.39, 0.29) is 6.04 Å². The lowest BCUT2D eigenvalue weighted by Gasteiger charge is -2.17. The average molecular weight is 243 g/mol. The molecule has 0 spiro atoms. The van der Waals surface area contributed by atoms with Crippen LogP contribution in [0.2, 0.25) is 0 Å². The van der Waals surface area contributed by atoms with Gasteiger partial charge in [0.15, 0.2) is 0 Å². The van der Waals surface area contributed by atoms with Crippen molar-refractivity contribution in [3.8, 4) is 5.75 Å². The van der Waals surface area contributed by atoms with E-state index in [1.807, 2.05) is 42.6 Å². The summed E-state index contributed by atoms with van der Waals surface area (Å²) in [5.74, 6) is 6.50. The van der Waals surface area contributed by atoms with Crippen molar-refractivity contribution in [1.29, 1.82) is 0 Å². The minimum Gasteiger partial charge on any atom is -0.496 e. The molecule has 3 N–H and O–H groups in total. The van der Waals surface area contributed by atoms with Gasteiger partial charge >= 0.3 is 0 Å². The second-order valence-corrected chi connectivity index (χ2v) is 4.02. The third kappa shape index (κ3) is 2.85. The molecule has 4 heteroatoms. The third-order valence-corrected chi connectivity index (χ3v) is 2.90. The highest BCUT2D eigenvalue weighted by atomic mass is 16.5. The van der Waals surface area contributed by atoms with Crippen molar-refractivity contribution in [3.63, 3.8) is 0 Å². The van der Waals surface area contributed by atoms with E-state index in [1.165, 1.54) is 0 Å². The van der Waals surface area contributed by atoms with E-state index in [1.54, 1.807) is 13.3 Å². The summed E-state index contributed by atoms with van der Waals surface area (Å²) >= 11 is 0. The standard InChI is InChI=1S/C14H17N3O/c1-18-14-7-3-2-5-11(14)9-13(17-15)12-6-4-8-16-10-12/h2-8,10,13,17H,9,15H2,1H3. The van der Waals surface area contributed by atoms with Gasteiger partial charge in [0.2, 0.25) is 0 Å². The predicted molar refractivity (Wildman–Crippen MR) is 71.0 cm³/mol. The molecule has 1 unspecified atom stereocenters. The SMILES string of the molecule is COc1ccccc1CC(NN)c1cccnc1. The molecule has 0 aliphatic carbocycles. The van der Waals surface area contributed by atoms with Gasteiger partial charge in [0.05, 0.1) is 13.2 Å². The Morgan fingerprint density at radius 3 is 2.78 bits per heavy atom. The second-order valence-electron chi connectivity index (χ2n) is 4.02. The van der Waals surface area contributed by atoms with Crippen LogP contribution in [0.3, 0.4) is 0 Å². The summed E-state index contributed by atoms with van der Waals surface area (Å²) < 4.78 is 5.34. The maximum Gasteiger partial charge on any atom is 0.122 e. The fourth-order valence-electron chi connectivity index (χ4n) is 1.95. The van der Waals surface area contributed by atoms with Crippen LogP contribution < -0.4 is 16.0 Å². The first-order chi connectivity index (χ1) is 8.85. The number of ether oxygens (including phenoxy) is 1. The Morgan fingerprint density at radius 2 is 2.11 bits per heavy atom. The van der Waals surface area contributed by atoms with Crippen LogP contribution in [-0.2, 0) is 6.42 Å². The minimum absolute atomic E-state index is 0.0231. The molecule has 0 amide bonds. The van der Waals surface area contributed by atoms with Gasteiger partial charge in [0, 0.05) is 12.4 Å². The van der Waals surface area contributed by atoms with Crippen molar-refractivity contribution < 1.29 is 4.74 Å². The van der Waals surface area contributed by atoms with E-state index in [0.29, 0.717) is 0 Å². The first-order valence-electron chi connectivity index (χ1n) is 5.83. The first kappa shape index (κ1) is 12.5. The molecule has 0 bridgehead atoms. The largest absolute Gasteiger partial charge is 0.496 e. The normalized spacial score (nSPS) is 12.1. The number of hydrogen-bond acceptors (Lipinski definition) is 4. The van der Waals surface area contributed by atoms with Crippen LogP contribution in [0.4, 0.5) is 0 Å². The number of rotatable bonds is 5. The van der Waals surface area contributed by atoms with Gasteiger partial charge in [-0.25, -0.2) is 0 Å². The number of nitrogens with two attached hydrogens (primary N) is 1. The summed E-state index contributed by atoms with van der Waals surface area (Å²) in [5.41, 5.74) is 5.00. The number of nitrogens with zero attached hydrogens (tertiary/aromatic N) is 1. The third-order valence-electron chi connectivity index (χ3n) is 2.90. The summed E-state index contributed by atoms with van der Waals surface area (Å²) in [6.45, 7) is 0. The Balaban J connectivity index is 2.21. The van der Waals surface area contributed by atoms with E-state index in [4.69, 9.17) is 10.6 Å². The highest BCUT2D eigenvalue weighted by Gasteiger charge is 2.13. The number of pyridine rings is 1. The van der Waals surface area contributed by atoms with Crippen molar-refractivity contribution in [3.05, 3.63) is 59.9 Å². The summed E-state index contributed by atoms with van der Waals surface area (Å²) in [6.07, 6.45) is 4.33. The van der Waals surface area contributed by atoms with E-state index >= 15 is 0 Å². The number of hydrazine groups is 1. The molecule has 4 nitrogen and oxygen atoms in total. The van der Waals surface area contributed by atoms with Gasteiger partial charge in [0.25, 0.3) is 0 Å². The average Bonchev–Trinajstić information content (AvgIpc) is 2.46. The van der Waals surface area contributed by atoms with Crippen LogP contribution in [0.15, 0.2) is 48.8 Å². The number of hydrogen-bond donors (Lipinski definition) is 2. The highest BCUT2D eigenvalue weighted by Crippen LogP contribution is 2.23. The van der Waals surface area contributed by atoms with Gasteiger partial charge < -0.3 is 4.74 Å². The van der Waals surface area contributed by atoms with Gasteiger partial charge in [-0.2, -0.15) is 0 Å². The Morgan fingerprint density at radius 1 is 1.28 bits per heavy atom. The van der Waals surface area contributed by atoms with Crippen LogP contribution in [0.5, 0.6) is 5.75 Å². The first-order valence-corrected chi connectivity index (χ1v) is 5.83. The molecule has 1 aromatic carbocycles. The molecule has 0 saturated heterocycles. The van der Waals surface area contributed by atoms with Gasteiger partial charge in [-0.1, -0.05) is 24.3 Å². The summed E-state index contributed by atoms with van der Waals surface area (Å²) in [4.78, 5) is 4.11.